The molecule has 0 aromatic heterocycles. The first-order chi connectivity index (χ1) is 24.5. The molecule has 8 heteroatoms. The summed E-state index contributed by atoms with van der Waals surface area (Å²) in [4.78, 5) is 52.9. The van der Waals surface area contributed by atoms with Gasteiger partial charge < -0.3 is 20.5 Å². The normalized spacial score (nSPS) is 36.5. The van der Waals surface area contributed by atoms with Crippen LogP contribution in [0.2, 0.25) is 0 Å². The van der Waals surface area contributed by atoms with Gasteiger partial charge >= 0.3 is 18.0 Å². The Labute approximate surface area is 318 Å². The van der Waals surface area contributed by atoms with Crippen LogP contribution in [0.4, 0.5) is 4.79 Å². The van der Waals surface area contributed by atoms with Crippen LogP contribution in [-0.2, 0) is 24.7 Å². The first-order valence-electron chi connectivity index (χ1n) is 20.3. The van der Waals surface area contributed by atoms with Crippen LogP contribution in [0, 0.1) is 50.7 Å². The zero-order chi connectivity index (χ0) is 39.2. The van der Waals surface area contributed by atoms with Gasteiger partial charge in [0.15, 0.2) is 5.78 Å². The number of esters is 1. The van der Waals surface area contributed by atoms with E-state index >= 15 is 0 Å². The summed E-state index contributed by atoms with van der Waals surface area (Å²) in [5.74, 6) is -0.141. The Morgan fingerprint density at radius 1 is 0.868 bits per heavy atom. The molecule has 0 aliphatic heterocycles. The Bertz CT molecular complexity index is 1690. The van der Waals surface area contributed by atoms with Crippen LogP contribution in [0.1, 0.15) is 146 Å². The molecule has 6 rings (SSSR count). The molecular weight excluding hydrogens is 665 g/mol. The van der Waals surface area contributed by atoms with Crippen molar-refractivity contribution in [2.45, 2.75) is 158 Å². The lowest BCUT2D eigenvalue weighted by atomic mass is 9.33. The zero-order valence-corrected chi connectivity index (χ0v) is 34.3. The number of Topliss-reactive ketones (excluding diaryl/α,β-unsaturated/α-hetero) is 1. The third-order valence-electron chi connectivity index (χ3n) is 16.1. The molecule has 4 fully saturated rings. The molecule has 3 N–H and O–H groups in total. The summed E-state index contributed by atoms with van der Waals surface area (Å²) in [6.07, 6.45) is 7.49. The van der Waals surface area contributed by atoms with Crippen molar-refractivity contribution in [3.63, 3.8) is 0 Å². The summed E-state index contributed by atoms with van der Waals surface area (Å²) >= 11 is 0. The standard InChI is InChI=1S/C45H66N2O6/c1-27(2)35-30(48)25-45(47-38(52)46-41(7,8)28-15-13-12-14-16-28)24-23-43(10)29(36(35)45)17-18-32-42(9)21-20-33(53-34(49)26-39(3,4)37(50)51)40(5,6)31(42)19-22-44(32,43)11/h12-16,27,29,31-33H,17-26H2,1-11H3,(H,50,51)(H2,46,47,52)/t29?,31?,32?,33-,42-,43+,44+,45+/m0/s1. The van der Waals surface area contributed by atoms with Crippen LogP contribution in [-0.4, -0.2) is 40.5 Å². The van der Waals surface area contributed by atoms with E-state index in [9.17, 15) is 24.3 Å². The van der Waals surface area contributed by atoms with Gasteiger partial charge in [-0.1, -0.05) is 78.8 Å². The predicted molar refractivity (Wildman–Crippen MR) is 207 cm³/mol. The van der Waals surface area contributed by atoms with Crippen molar-refractivity contribution in [1.29, 1.82) is 0 Å². The minimum absolute atomic E-state index is 0.0245. The van der Waals surface area contributed by atoms with Crippen molar-refractivity contribution >= 4 is 23.8 Å². The minimum Gasteiger partial charge on any atom is -0.481 e. The first-order valence-corrected chi connectivity index (χ1v) is 20.3. The van der Waals surface area contributed by atoms with Gasteiger partial charge in [0.1, 0.15) is 6.10 Å². The topological polar surface area (TPSA) is 122 Å². The molecule has 8 atom stereocenters. The number of hydrogen-bond acceptors (Lipinski definition) is 5. The summed E-state index contributed by atoms with van der Waals surface area (Å²) in [7, 11) is 0. The van der Waals surface area contributed by atoms with Gasteiger partial charge in [-0.05, 0) is 136 Å². The summed E-state index contributed by atoms with van der Waals surface area (Å²) < 4.78 is 6.16. The second-order valence-electron chi connectivity index (χ2n) is 20.6. The fourth-order valence-corrected chi connectivity index (χ4v) is 13.0. The van der Waals surface area contributed by atoms with Crippen LogP contribution < -0.4 is 10.6 Å². The average Bonchev–Trinajstić information content (AvgIpc) is 3.34. The van der Waals surface area contributed by atoms with Crippen molar-refractivity contribution in [2.24, 2.45) is 50.7 Å². The van der Waals surface area contributed by atoms with Crippen molar-refractivity contribution in [3.05, 3.63) is 47.0 Å². The number of hydrogen-bond donors (Lipinski definition) is 3. The van der Waals surface area contributed by atoms with E-state index in [1.165, 1.54) is 5.57 Å². The maximum Gasteiger partial charge on any atom is 0.316 e. The molecule has 0 bridgehead atoms. The number of ether oxygens (including phenoxy) is 1. The van der Waals surface area contributed by atoms with Gasteiger partial charge in [-0.15, -0.1) is 0 Å². The molecule has 4 saturated carbocycles. The molecular formula is C45H66N2O6. The van der Waals surface area contributed by atoms with Gasteiger partial charge in [-0.25, -0.2) is 4.79 Å². The van der Waals surface area contributed by atoms with Crippen molar-refractivity contribution in [3.8, 4) is 0 Å². The lowest BCUT2D eigenvalue weighted by Crippen LogP contribution is -2.67. The fourth-order valence-electron chi connectivity index (χ4n) is 13.0. The minimum atomic E-state index is -1.17. The van der Waals surface area contributed by atoms with E-state index in [0.29, 0.717) is 18.3 Å². The van der Waals surface area contributed by atoms with Crippen LogP contribution in [0.15, 0.2) is 41.5 Å². The third-order valence-corrected chi connectivity index (χ3v) is 16.1. The Balaban J connectivity index is 1.28. The first kappa shape index (κ1) is 39.5. The highest BCUT2D eigenvalue weighted by atomic mass is 16.5. The average molecular weight is 731 g/mol. The maximum absolute atomic E-state index is 14.0. The van der Waals surface area contributed by atoms with E-state index in [4.69, 9.17) is 4.74 Å². The highest BCUT2D eigenvalue weighted by molar-refractivity contribution is 6.02. The van der Waals surface area contributed by atoms with E-state index in [1.807, 2.05) is 44.2 Å². The van der Waals surface area contributed by atoms with Gasteiger partial charge in [-0.3, -0.25) is 14.4 Å². The van der Waals surface area contributed by atoms with Gasteiger partial charge in [0.05, 0.1) is 22.9 Å². The summed E-state index contributed by atoms with van der Waals surface area (Å²) in [6.45, 7) is 23.5. The number of urea groups is 1. The van der Waals surface area contributed by atoms with E-state index in [0.717, 1.165) is 62.5 Å². The summed E-state index contributed by atoms with van der Waals surface area (Å²) in [5, 5.41) is 16.3. The molecule has 53 heavy (non-hydrogen) atoms. The van der Waals surface area contributed by atoms with Crippen molar-refractivity contribution in [1.82, 2.24) is 10.6 Å². The number of rotatable bonds is 8. The number of amides is 2. The molecule has 0 heterocycles. The predicted octanol–water partition coefficient (Wildman–Crippen LogP) is 9.37. The molecule has 5 aliphatic carbocycles. The van der Waals surface area contributed by atoms with Crippen LogP contribution >= 0.6 is 0 Å². The maximum atomic E-state index is 14.0. The molecule has 0 spiro atoms. The second kappa shape index (κ2) is 13.0. The van der Waals surface area contributed by atoms with E-state index in [2.05, 4.69) is 59.1 Å². The molecule has 292 valence electrons. The Morgan fingerprint density at radius 2 is 1.53 bits per heavy atom. The largest absolute Gasteiger partial charge is 0.481 e. The van der Waals surface area contributed by atoms with Crippen LogP contribution in [0.25, 0.3) is 0 Å². The molecule has 3 unspecified atom stereocenters. The highest BCUT2D eigenvalue weighted by Crippen LogP contribution is 2.76. The van der Waals surface area contributed by atoms with E-state index in [-0.39, 0.29) is 57.8 Å². The lowest BCUT2D eigenvalue weighted by molar-refractivity contribution is -0.232. The number of aliphatic carboxylic acids is 1. The van der Waals surface area contributed by atoms with Gasteiger partial charge in [0, 0.05) is 11.8 Å². The Kier molecular flexibility index (Phi) is 9.67. The Morgan fingerprint density at radius 3 is 2.15 bits per heavy atom. The van der Waals surface area contributed by atoms with Gasteiger partial charge in [-0.2, -0.15) is 0 Å². The number of ketones is 1. The number of carbonyl (C=O) groups is 4. The van der Waals surface area contributed by atoms with Gasteiger partial charge in [0.2, 0.25) is 0 Å². The SMILES string of the molecule is CC(C)C1=C2C3CCC4[C@@]5(C)CC[C@H](OC(=O)CC(C)(C)C(=O)O)C(C)(C)C5CC[C@@]4(C)[C@]3(C)CC[C@@]2(NC(=O)NC(C)(C)c2ccccc2)CC1=O. The van der Waals surface area contributed by atoms with E-state index < -0.39 is 28.4 Å². The molecule has 2 amide bonds. The quantitative estimate of drug-likeness (QED) is 0.229. The zero-order valence-electron chi connectivity index (χ0n) is 34.3. The number of carboxylic acids is 1. The highest BCUT2D eigenvalue weighted by Gasteiger charge is 2.70. The number of carbonyl (C=O) groups excluding carboxylic acids is 3. The molecule has 8 nitrogen and oxygen atoms in total. The number of benzene rings is 1. The molecule has 0 radical (unpaired) electrons. The second-order valence-corrected chi connectivity index (χ2v) is 20.6. The lowest BCUT2D eigenvalue weighted by Gasteiger charge is -2.72. The van der Waals surface area contributed by atoms with Gasteiger partial charge in [0.25, 0.3) is 0 Å². The molecule has 0 saturated heterocycles. The fraction of sp³-hybridized carbons (Fsp3) is 0.733. The number of allylic oxidation sites excluding steroid dienone is 1. The number of fused-ring (bicyclic) bond motifs is 7. The van der Waals surface area contributed by atoms with E-state index in [1.54, 1.807) is 13.8 Å². The summed E-state index contributed by atoms with van der Waals surface area (Å²) in [6, 6.07) is 9.79. The van der Waals surface area contributed by atoms with Crippen molar-refractivity contribution < 1.29 is 29.0 Å². The molecule has 1 aromatic carbocycles. The Hall–Kier alpha value is -3.16. The molecule has 5 aliphatic rings. The smallest absolute Gasteiger partial charge is 0.316 e. The number of nitrogens with one attached hydrogen (secondary N) is 2. The van der Waals surface area contributed by atoms with Crippen LogP contribution in [0.3, 0.4) is 0 Å². The summed E-state index contributed by atoms with van der Waals surface area (Å²) in [5.41, 5.74) is 0.511. The third kappa shape index (κ3) is 6.16. The van der Waals surface area contributed by atoms with Crippen molar-refractivity contribution in [2.75, 3.05) is 0 Å². The molecule has 1 aromatic rings. The monoisotopic (exact) mass is 730 g/mol. The number of carboxylic acid groups (broad SMARTS) is 1. The van der Waals surface area contributed by atoms with Crippen LogP contribution in [0.5, 0.6) is 0 Å².